The van der Waals surface area contributed by atoms with Crippen LogP contribution in [-0.2, 0) is 27.7 Å². The van der Waals surface area contributed by atoms with Gasteiger partial charge in [-0.2, -0.15) is 0 Å². The molecule has 3 rings (SSSR count). The predicted molar refractivity (Wildman–Crippen MR) is 125 cm³/mol. The van der Waals surface area contributed by atoms with Crippen molar-refractivity contribution < 1.29 is 23.9 Å². The zero-order chi connectivity index (χ0) is 23.4. The Morgan fingerprint density at radius 1 is 1.19 bits per heavy atom. The number of aryl methyl sites for hydroxylation is 1. The second-order valence-electron chi connectivity index (χ2n) is 6.60. The third-order valence-corrected chi connectivity index (χ3v) is 7.88. The molecule has 3 heterocycles. The molecular weight excluding hydrogens is 472 g/mol. The van der Waals surface area contributed by atoms with Gasteiger partial charge in [0.05, 0.1) is 25.5 Å². The quantitative estimate of drug-likeness (QED) is 0.372. The van der Waals surface area contributed by atoms with Crippen LogP contribution in [0.25, 0.3) is 11.4 Å². The smallest absolute Gasteiger partial charge is 0.348 e. The molecule has 12 heteroatoms. The summed E-state index contributed by atoms with van der Waals surface area (Å²) in [7, 11) is 4.34. The van der Waals surface area contributed by atoms with Crippen LogP contribution in [0.15, 0.2) is 16.6 Å². The molecule has 1 amide bonds. The normalized spacial score (nSPS) is 10.8. The molecule has 0 saturated carbocycles. The first-order chi connectivity index (χ1) is 15.3. The number of nitrogens with zero attached hydrogens (tertiary/aromatic N) is 3. The number of carbonyl (C=O) groups excluding carboxylic acids is 3. The maximum Gasteiger partial charge on any atom is 0.348 e. The van der Waals surface area contributed by atoms with Crippen LogP contribution in [-0.4, -0.2) is 52.6 Å². The number of amides is 1. The summed E-state index contributed by atoms with van der Waals surface area (Å²) in [4.78, 5) is 38.3. The van der Waals surface area contributed by atoms with Crippen LogP contribution in [0.3, 0.4) is 0 Å². The molecular formula is C20H22N4O5S3. The van der Waals surface area contributed by atoms with Crippen LogP contribution < -0.4 is 5.32 Å². The van der Waals surface area contributed by atoms with Gasteiger partial charge in [-0.1, -0.05) is 18.7 Å². The molecule has 0 aromatic carbocycles. The molecule has 0 radical (unpaired) electrons. The highest BCUT2D eigenvalue weighted by molar-refractivity contribution is 7.99. The van der Waals surface area contributed by atoms with E-state index in [-0.39, 0.29) is 27.1 Å². The van der Waals surface area contributed by atoms with Crippen LogP contribution in [0, 0.1) is 6.92 Å². The maximum absolute atomic E-state index is 12.6. The number of anilines is 1. The van der Waals surface area contributed by atoms with E-state index in [9.17, 15) is 14.4 Å². The molecule has 0 unspecified atom stereocenters. The molecule has 3 aromatic heterocycles. The highest BCUT2D eigenvalue weighted by atomic mass is 32.2. The van der Waals surface area contributed by atoms with Crippen molar-refractivity contribution in [3.63, 3.8) is 0 Å². The van der Waals surface area contributed by atoms with Gasteiger partial charge in [0, 0.05) is 22.9 Å². The van der Waals surface area contributed by atoms with E-state index >= 15 is 0 Å². The first kappa shape index (κ1) is 24.0. The molecule has 0 aliphatic rings. The van der Waals surface area contributed by atoms with E-state index in [1.165, 1.54) is 30.9 Å². The summed E-state index contributed by atoms with van der Waals surface area (Å²) < 4.78 is 11.4. The van der Waals surface area contributed by atoms with Gasteiger partial charge in [0.25, 0.3) is 0 Å². The Morgan fingerprint density at radius 3 is 2.53 bits per heavy atom. The van der Waals surface area contributed by atoms with Gasteiger partial charge >= 0.3 is 11.9 Å². The summed E-state index contributed by atoms with van der Waals surface area (Å²) in [5, 5.41) is 14.0. The van der Waals surface area contributed by atoms with Gasteiger partial charge < -0.3 is 19.4 Å². The zero-order valence-corrected chi connectivity index (χ0v) is 20.6. The molecule has 0 bridgehead atoms. The first-order valence-electron chi connectivity index (χ1n) is 9.50. The van der Waals surface area contributed by atoms with Crippen LogP contribution in [0.5, 0.6) is 0 Å². The fourth-order valence-corrected chi connectivity index (χ4v) is 5.56. The van der Waals surface area contributed by atoms with Crippen molar-refractivity contribution in [1.29, 1.82) is 0 Å². The number of methoxy groups -OCH3 is 2. The number of carbonyl (C=O) groups is 3. The van der Waals surface area contributed by atoms with Crippen LogP contribution >= 0.6 is 34.4 Å². The molecule has 1 N–H and O–H groups in total. The monoisotopic (exact) mass is 494 g/mol. The summed E-state index contributed by atoms with van der Waals surface area (Å²) in [6.07, 6.45) is 0.956. The summed E-state index contributed by atoms with van der Waals surface area (Å²) in [6.45, 7) is 3.70. The Hall–Kier alpha value is -2.70. The van der Waals surface area contributed by atoms with E-state index in [0.29, 0.717) is 10.7 Å². The van der Waals surface area contributed by atoms with Gasteiger partial charge in [0.15, 0.2) is 11.0 Å². The van der Waals surface area contributed by atoms with Crippen molar-refractivity contribution in [3.05, 3.63) is 32.3 Å². The van der Waals surface area contributed by atoms with E-state index in [1.54, 1.807) is 18.3 Å². The van der Waals surface area contributed by atoms with E-state index in [4.69, 9.17) is 9.47 Å². The number of aromatic nitrogens is 3. The number of hydrogen-bond acceptors (Lipinski definition) is 10. The minimum Gasteiger partial charge on any atom is -0.465 e. The lowest BCUT2D eigenvalue weighted by atomic mass is 10.1. The van der Waals surface area contributed by atoms with E-state index in [0.717, 1.165) is 29.1 Å². The third kappa shape index (κ3) is 4.87. The van der Waals surface area contributed by atoms with Crippen LogP contribution in [0.2, 0.25) is 0 Å². The summed E-state index contributed by atoms with van der Waals surface area (Å²) >= 11 is 3.87. The predicted octanol–water partition coefficient (Wildman–Crippen LogP) is 3.78. The van der Waals surface area contributed by atoms with E-state index in [1.807, 2.05) is 17.0 Å². The minimum atomic E-state index is -0.642. The molecule has 0 atom stereocenters. The van der Waals surface area contributed by atoms with Crippen molar-refractivity contribution in [2.24, 2.45) is 7.05 Å². The lowest BCUT2D eigenvalue weighted by molar-refractivity contribution is -0.113. The summed E-state index contributed by atoms with van der Waals surface area (Å²) in [5.74, 6) is -0.809. The maximum atomic E-state index is 12.6. The molecule has 9 nitrogen and oxygen atoms in total. The summed E-state index contributed by atoms with van der Waals surface area (Å²) in [6, 6.07) is 2.09. The molecule has 170 valence electrons. The summed E-state index contributed by atoms with van der Waals surface area (Å²) in [5.41, 5.74) is 1.53. The van der Waals surface area contributed by atoms with Crippen LogP contribution in [0.4, 0.5) is 5.00 Å². The number of rotatable bonds is 8. The fraction of sp³-hybridized carbons (Fsp3) is 0.350. The Labute approximate surface area is 197 Å². The van der Waals surface area contributed by atoms with Crippen molar-refractivity contribution in [2.75, 3.05) is 25.3 Å². The molecule has 0 fully saturated rings. The second kappa shape index (κ2) is 10.3. The molecule has 32 heavy (non-hydrogen) atoms. The van der Waals surface area contributed by atoms with Gasteiger partial charge in [-0.15, -0.1) is 32.9 Å². The lowest BCUT2D eigenvalue weighted by Crippen LogP contribution is -2.16. The number of thioether (sulfide) groups is 1. The largest absolute Gasteiger partial charge is 0.465 e. The highest BCUT2D eigenvalue weighted by Gasteiger charge is 2.27. The van der Waals surface area contributed by atoms with Crippen molar-refractivity contribution >= 4 is 57.3 Å². The van der Waals surface area contributed by atoms with Crippen molar-refractivity contribution in [3.8, 4) is 11.4 Å². The molecule has 3 aromatic rings. The number of hydrogen-bond donors (Lipinski definition) is 1. The van der Waals surface area contributed by atoms with Gasteiger partial charge in [-0.05, 0) is 25.0 Å². The van der Waals surface area contributed by atoms with Gasteiger partial charge in [-0.25, -0.2) is 9.59 Å². The molecule has 0 spiro atoms. The lowest BCUT2D eigenvalue weighted by Gasteiger charge is -2.06. The van der Waals surface area contributed by atoms with Gasteiger partial charge in [-0.3, -0.25) is 4.79 Å². The van der Waals surface area contributed by atoms with E-state index < -0.39 is 11.9 Å². The second-order valence-corrected chi connectivity index (χ2v) is 9.56. The van der Waals surface area contributed by atoms with Gasteiger partial charge in [0.1, 0.15) is 9.88 Å². The van der Waals surface area contributed by atoms with Crippen molar-refractivity contribution in [2.45, 2.75) is 25.4 Å². The average molecular weight is 495 g/mol. The number of ether oxygens (including phenoxy) is 2. The number of nitrogens with one attached hydrogen (secondary N) is 1. The van der Waals surface area contributed by atoms with E-state index in [2.05, 4.69) is 28.5 Å². The number of thiophene rings is 2. The SMILES string of the molecule is CCc1cc(-c2nnc(SCC(=O)Nc3sc(C(=O)OC)c(C)c3C(=O)OC)n2C)cs1. The molecule has 0 aliphatic carbocycles. The minimum absolute atomic E-state index is 0.0426. The highest BCUT2D eigenvalue weighted by Crippen LogP contribution is 2.34. The topological polar surface area (TPSA) is 112 Å². The Kier molecular flexibility index (Phi) is 7.69. The van der Waals surface area contributed by atoms with Crippen LogP contribution in [0.1, 0.15) is 37.4 Å². The van der Waals surface area contributed by atoms with Crippen molar-refractivity contribution in [1.82, 2.24) is 14.8 Å². The zero-order valence-electron chi connectivity index (χ0n) is 18.2. The standard InChI is InChI=1S/C20H22N4O5S3/c1-6-12-7-11(8-30-12)16-22-23-20(24(16)3)31-9-13(25)21-17-14(18(26)28-4)10(2)15(32-17)19(27)29-5/h7-8H,6,9H2,1-5H3,(H,21,25). The molecule has 0 aliphatic heterocycles. The Balaban J connectivity index is 1.73. The number of esters is 2. The third-order valence-electron chi connectivity index (χ3n) is 4.59. The molecule has 0 saturated heterocycles. The Bertz CT molecular complexity index is 1160. The Morgan fingerprint density at radius 2 is 1.91 bits per heavy atom. The first-order valence-corrected chi connectivity index (χ1v) is 12.2. The average Bonchev–Trinajstić information content (AvgIpc) is 3.48. The fourth-order valence-electron chi connectivity index (χ4n) is 2.90. The van der Waals surface area contributed by atoms with Gasteiger partial charge in [0.2, 0.25) is 5.91 Å².